The minimum Gasteiger partial charge on any atom is -0.481 e. The van der Waals surface area contributed by atoms with Crippen molar-refractivity contribution in [1.82, 2.24) is 20.4 Å². The molecule has 2 amide bonds. The van der Waals surface area contributed by atoms with Crippen LogP contribution in [0.25, 0.3) is 0 Å². The Bertz CT molecular complexity index is 2280. The lowest BCUT2D eigenvalue weighted by Gasteiger charge is -2.72. The highest BCUT2D eigenvalue weighted by Gasteiger charge is 2.71. The second kappa shape index (κ2) is 15.6. The number of fused-ring (bicyclic) bond motifs is 7. The lowest BCUT2D eigenvalue weighted by Crippen LogP contribution is -2.73. The minimum absolute atomic E-state index is 0.0353. The van der Waals surface area contributed by atoms with E-state index in [1.165, 1.54) is 6.92 Å². The molecule has 0 radical (unpaired) electrons. The number of Topliss-reactive ketones (excluding diaryl/α,β-unsaturated/α-hetero) is 1. The van der Waals surface area contributed by atoms with Crippen molar-refractivity contribution in [2.24, 2.45) is 62.6 Å². The van der Waals surface area contributed by atoms with Crippen molar-refractivity contribution in [1.29, 1.82) is 0 Å². The summed E-state index contributed by atoms with van der Waals surface area (Å²) in [4.78, 5) is 80.9. The second-order valence-corrected chi connectivity index (χ2v) is 23.1. The van der Waals surface area contributed by atoms with E-state index in [4.69, 9.17) is 14.2 Å². The molecule has 0 bridgehead atoms. The number of hydrogen-bond acceptors (Lipinski definition) is 10. The summed E-state index contributed by atoms with van der Waals surface area (Å²) in [7, 11) is 0. The molecule has 0 unspecified atom stereocenters. The van der Waals surface area contributed by atoms with Crippen LogP contribution in [-0.2, 0) is 39.6 Å². The fourth-order valence-electron chi connectivity index (χ4n) is 15.1. The Labute approximate surface area is 384 Å². The molecular weight excluding hydrogens is 862 g/mol. The molecule has 2 heterocycles. The number of alkyl halides is 3. The zero-order valence-corrected chi connectivity index (χ0v) is 40.0. The molecule has 17 heteroatoms. The van der Waals surface area contributed by atoms with E-state index in [1.54, 1.807) is 0 Å². The zero-order chi connectivity index (χ0) is 48.5. The lowest BCUT2D eigenvalue weighted by molar-refractivity contribution is -0.235. The van der Waals surface area contributed by atoms with E-state index in [2.05, 4.69) is 50.4 Å². The number of amides is 2. The molecule has 8 rings (SSSR count). The standard InChI is InChI=1S/C49H67F3N4O10/c1-11-65-41(63)56-29(21-33(55-56)49(50,51)52)37(58)53-48(23-64-24-48)40(62)54-47-19-18-45(9)26(36(47)35(25(2)3)30(57)22-47)12-13-32-44(8)16-15-34(43(6,7)31(44)14-17-46(32,45)10)66-39(61)28-20-27(38(59)60)42(28,4)5/h21,25-28,31-32,34H,11-20,22-24H2,1-10H3,(H,53,58)(H,54,62)(H,59,60)/t26-,27+,28-,31+,32-,34+,44+,45-,46-,47-/m1/s1. The molecule has 1 aromatic rings. The van der Waals surface area contributed by atoms with Crippen molar-refractivity contribution in [3.8, 4) is 0 Å². The van der Waals surface area contributed by atoms with Crippen molar-refractivity contribution in [2.45, 2.75) is 157 Å². The number of hydrogen-bond donors (Lipinski definition) is 3. The third-order valence-corrected chi connectivity index (χ3v) is 19.0. The quantitative estimate of drug-likeness (QED) is 0.204. The van der Waals surface area contributed by atoms with Crippen molar-refractivity contribution in [2.75, 3.05) is 19.8 Å². The van der Waals surface area contributed by atoms with Crippen LogP contribution in [0.2, 0.25) is 0 Å². The first-order valence-electron chi connectivity index (χ1n) is 23.8. The summed E-state index contributed by atoms with van der Waals surface area (Å²) in [6.45, 7) is 20.1. The van der Waals surface area contributed by atoms with Gasteiger partial charge >= 0.3 is 24.2 Å². The molecular formula is C49H67F3N4O10. The van der Waals surface area contributed by atoms with Crippen LogP contribution in [0.4, 0.5) is 18.0 Å². The number of nitrogens with zero attached hydrogens (tertiary/aromatic N) is 2. The van der Waals surface area contributed by atoms with Gasteiger partial charge < -0.3 is 30.0 Å². The van der Waals surface area contributed by atoms with Crippen molar-refractivity contribution in [3.63, 3.8) is 0 Å². The largest absolute Gasteiger partial charge is 0.481 e. The van der Waals surface area contributed by atoms with Gasteiger partial charge in [-0.2, -0.15) is 23.0 Å². The molecule has 6 aliphatic carbocycles. The van der Waals surface area contributed by atoms with Crippen LogP contribution >= 0.6 is 0 Å². The highest BCUT2D eigenvalue weighted by Crippen LogP contribution is 2.76. The Morgan fingerprint density at radius 3 is 2.15 bits per heavy atom. The number of allylic oxidation sites excluding steroid dienone is 1. The first-order chi connectivity index (χ1) is 30.5. The van der Waals surface area contributed by atoms with Gasteiger partial charge in [0.15, 0.2) is 17.0 Å². The average Bonchev–Trinajstić information content (AvgIpc) is 3.77. The van der Waals surface area contributed by atoms with Crippen molar-refractivity contribution < 1.29 is 61.3 Å². The molecule has 10 atom stereocenters. The van der Waals surface area contributed by atoms with E-state index >= 15 is 0 Å². The van der Waals surface area contributed by atoms with Crippen molar-refractivity contribution >= 4 is 35.6 Å². The topological polar surface area (TPSA) is 192 Å². The van der Waals surface area contributed by atoms with Crippen LogP contribution in [0.15, 0.2) is 17.2 Å². The molecule has 364 valence electrons. The second-order valence-electron chi connectivity index (χ2n) is 23.1. The van der Waals surface area contributed by atoms with Gasteiger partial charge in [0, 0.05) is 17.9 Å². The monoisotopic (exact) mass is 928 g/mol. The summed E-state index contributed by atoms with van der Waals surface area (Å²) in [5, 5.41) is 18.8. The molecule has 5 saturated carbocycles. The van der Waals surface area contributed by atoms with Gasteiger partial charge in [-0.15, -0.1) is 0 Å². The van der Waals surface area contributed by atoms with E-state index < -0.39 is 69.8 Å². The smallest absolute Gasteiger partial charge is 0.435 e. The molecule has 7 aliphatic rings. The van der Waals surface area contributed by atoms with Gasteiger partial charge in [-0.3, -0.25) is 24.0 Å². The Balaban J connectivity index is 1.05. The maximum atomic E-state index is 14.7. The van der Waals surface area contributed by atoms with Gasteiger partial charge in [0.2, 0.25) is 0 Å². The number of aliphatic carboxylic acids is 1. The lowest BCUT2D eigenvalue weighted by atomic mass is 9.33. The van der Waals surface area contributed by atoms with Crippen LogP contribution in [0.5, 0.6) is 0 Å². The molecule has 0 spiro atoms. The summed E-state index contributed by atoms with van der Waals surface area (Å²) in [5.41, 5.74) is -4.87. The number of halogens is 3. The highest BCUT2D eigenvalue weighted by molar-refractivity contribution is 6.04. The predicted molar refractivity (Wildman–Crippen MR) is 231 cm³/mol. The number of aromatic nitrogens is 2. The summed E-state index contributed by atoms with van der Waals surface area (Å²) in [5.74, 6) is -3.66. The van der Waals surface area contributed by atoms with Crippen LogP contribution in [0.1, 0.15) is 150 Å². The molecule has 1 aliphatic heterocycles. The number of carbonyl (C=O) groups excluding carboxylic acids is 5. The van der Waals surface area contributed by atoms with Crippen LogP contribution < -0.4 is 10.6 Å². The SMILES string of the molecule is CCOC(=O)n1nc(C(F)(F)F)cc1C(=O)NC1(C(=O)N[C@@]23CC[C@]4(C)[C@H](CC[C@@H]5[C@@]6(C)CC[C@H](OC(=O)[C@H]7C[C@@H](C(=O)O)C7(C)C)C(C)(C)[C@@H]6CC[C@]54C)C2=C(C(C)C)C(=O)C3)COC1. The first kappa shape index (κ1) is 48.2. The number of carboxylic acid groups (broad SMARTS) is 1. The maximum Gasteiger partial charge on any atom is 0.435 e. The predicted octanol–water partition coefficient (Wildman–Crippen LogP) is 7.91. The van der Waals surface area contributed by atoms with E-state index in [-0.39, 0.29) is 94.6 Å². The third kappa shape index (κ3) is 6.90. The fourth-order valence-corrected chi connectivity index (χ4v) is 15.1. The first-order valence-corrected chi connectivity index (χ1v) is 23.8. The number of ketones is 1. The van der Waals surface area contributed by atoms with E-state index in [0.29, 0.717) is 31.2 Å². The Morgan fingerprint density at radius 2 is 1.58 bits per heavy atom. The van der Waals surface area contributed by atoms with Gasteiger partial charge in [0.25, 0.3) is 11.8 Å². The maximum absolute atomic E-state index is 14.7. The Kier molecular flexibility index (Phi) is 11.4. The number of ether oxygens (including phenoxy) is 3. The van der Waals surface area contributed by atoms with Crippen LogP contribution in [0, 0.1) is 62.6 Å². The van der Waals surface area contributed by atoms with E-state index in [9.17, 15) is 47.0 Å². The van der Waals surface area contributed by atoms with Crippen LogP contribution in [-0.4, -0.2) is 87.5 Å². The molecule has 1 saturated heterocycles. The molecule has 3 N–H and O–H groups in total. The number of esters is 1. The number of nitrogens with one attached hydrogen (secondary N) is 2. The molecule has 6 fully saturated rings. The van der Waals surface area contributed by atoms with Crippen LogP contribution in [0.3, 0.4) is 0 Å². The van der Waals surface area contributed by atoms with Gasteiger partial charge in [0.05, 0.1) is 37.2 Å². The summed E-state index contributed by atoms with van der Waals surface area (Å²) >= 11 is 0. The normalized spacial score (nSPS) is 37.2. The zero-order valence-electron chi connectivity index (χ0n) is 40.0. The third-order valence-electron chi connectivity index (χ3n) is 19.0. The van der Waals surface area contributed by atoms with Gasteiger partial charge in [-0.05, 0) is 121 Å². The molecule has 14 nitrogen and oxygen atoms in total. The Hall–Kier alpha value is -4.28. The number of carbonyl (C=O) groups is 6. The van der Waals surface area contributed by atoms with Gasteiger partial charge in [-0.1, -0.05) is 62.3 Å². The molecule has 66 heavy (non-hydrogen) atoms. The summed E-state index contributed by atoms with van der Waals surface area (Å²) in [6.07, 6.45) is 0.0444. The van der Waals surface area contributed by atoms with E-state index in [1.807, 2.05) is 27.7 Å². The Morgan fingerprint density at radius 1 is 0.894 bits per heavy atom. The molecule has 1 aromatic heterocycles. The minimum atomic E-state index is -4.98. The van der Waals surface area contributed by atoms with E-state index in [0.717, 1.165) is 43.3 Å². The van der Waals surface area contributed by atoms with Gasteiger partial charge in [-0.25, -0.2) is 4.79 Å². The summed E-state index contributed by atoms with van der Waals surface area (Å²) in [6, 6.07) is 0.436. The molecule has 0 aromatic carbocycles. The van der Waals surface area contributed by atoms with Gasteiger partial charge in [0.1, 0.15) is 11.8 Å². The fraction of sp³-hybridized carbons (Fsp3) is 0.776. The number of carboxylic acids is 1. The number of rotatable bonds is 9. The average molecular weight is 929 g/mol. The van der Waals surface area contributed by atoms with Crippen molar-refractivity contribution in [3.05, 3.63) is 28.6 Å². The summed E-state index contributed by atoms with van der Waals surface area (Å²) < 4.78 is 58.2. The highest BCUT2D eigenvalue weighted by atomic mass is 19.4.